The minimum absolute atomic E-state index is 0.00855. The maximum absolute atomic E-state index is 13.3. The van der Waals surface area contributed by atoms with Crippen molar-refractivity contribution in [1.29, 1.82) is 0 Å². The van der Waals surface area contributed by atoms with Gasteiger partial charge in [-0.05, 0) is 54.6 Å². The molecule has 0 radical (unpaired) electrons. The van der Waals surface area contributed by atoms with Gasteiger partial charge in [0.15, 0.2) is 11.5 Å². The molecule has 1 fully saturated rings. The molecule has 0 bridgehead atoms. The molecule has 1 aromatic heterocycles. The molecule has 0 atom stereocenters. The molecule has 10 heteroatoms. The second-order valence-electron chi connectivity index (χ2n) is 7.83. The van der Waals surface area contributed by atoms with E-state index < -0.39 is 21.7 Å². The quantitative estimate of drug-likeness (QED) is 0.418. The highest BCUT2D eigenvalue weighted by atomic mass is 32.2. The van der Waals surface area contributed by atoms with E-state index in [1.54, 1.807) is 18.2 Å². The molecule has 1 N–H and O–H groups in total. The monoisotopic (exact) mass is 496 g/mol. The Morgan fingerprint density at radius 1 is 0.971 bits per heavy atom. The third kappa shape index (κ3) is 4.90. The van der Waals surface area contributed by atoms with Gasteiger partial charge in [-0.15, -0.1) is 0 Å². The van der Waals surface area contributed by atoms with E-state index in [4.69, 9.17) is 13.9 Å². The Morgan fingerprint density at radius 2 is 1.71 bits per heavy atom. The van der Waals surface area contributed by atoms with Crippen LogP contribution in [0.15, 0.2) is 82.1 Å². The average Bonchev–Trinajstić information content (AvgIpc) is 3.31. The summed E-state index contributed by atoms with van der Waals surface area (Å²) in [7, 11) is -3.83. The summed E-state index contributed by atoms with van der Waals surface area (Å²) >= 11 is 0. The number of furan rings is 1. The Balaban J connectivity index is 1.50. The number of carbonyl (C=O) groups is 1. The molecule has 4 aromatic rings. The Labute approximate surface area is 200 Å². The van der Waals surface area contributed by atoms with Crippen LogP contribution in [-0.4, -0.2) is 44.9 Å². The van der Waals surface area contributed by atoms with Crippen LogP contribution in [0.25, 0.3) is 11.0 Å². The number of fused-ring (bicyclic) bond motifs is 1. The summed E-state index contributed by atoms with van der Waals surface area (Å²) in [6.07, 6.45) is 0. The van der Waals surface area contributed by atoms with Crippen LogP contribution in [0.3, 0.4) is 0 Å². The molecule has 180 valence electrons. The second-order valence-corrected chi connectivity index (χ2v) is 9.77. The average molecular weight is 497 g/mol. The van der Waals surface area contributed by atoms with E-state index in [0.29, 0.717) is 24.5 Å². The van der Waals surface area contributed by atoms with Gasteiger partial charge in [0.05, 0.1) is 23.8 Å². The molecule has 0 saturated carbocycles. The first-order valence-electron chi connectivity index (χ1n) is 10.9. The van der Waals surface area contributed by atoms with Crippen molar-refractivity contribution in [1.82, 2.24) is 4.31 Å². The zero-order valence-corrected chi connectivity index (χ0v) is 19.3. The summed E-state index contributed by atoms with van der Waals surface area (Å²) in [5.41, 5.74) is 0.665. The molecule has 8 nitrogen and oxygen atoms in total. The number of nitrogens with one attached hydrogen (secondary N) is 1. The van der Waals surface area contributed by atoms with Gasteiger partial charge in [-0.2, -0.15) is 4.31 Å². The fourth-order valence-corrected chi connectivity index (χ4v) is 5.13. The predicted molar refractivity (Wildman–Crippen MR) is 127 cm³/mol. The molecule has 1 aliphatic rings. The zero-order chi connectivity index (χ0) is 24.4. The number of carbonyl (C=O) groups excluding carboxylic acids is 1. The van der Waals surface area contributed by atoms with E-state index in [9.17, 15) is 17.6 Å². The minimum Gasteiger partial charge on any atom is -0.455 e. The second kappa shape index (κ2) is 9.49. The van der Waals surface area contributed by atoms with Crippen LogP contribution in [0.5, 0.6) is 11.5 Å². The van der Waals surface area contributed by atoms with E-state index >= 15 is 0 Å². The van der Waals surface area contributed by atoms with Crippen molar-refractivity contribution < 1.29 is 31.5 Å². The Morgan fingerprint density at radius 3 is 2.46 bits per heavy atom. The Hall–Kier alpha value is -3.73. The third-order valence-electron chi connectivity index (χ3n) is 5.50. The number of ether oxygens (including phenoxy) is 2. The van der Waals surface area contributed by atoms with Gasteiger partial charge in [0, 0.05) is 18.5 Å². The van der Waals surface area contributed by atoms with Gasteiger partial charge in [-0.25, -0.2) is 12.8 Å². The molecular formula is C25H21FN2O6S. The van der Waals surface area contributed by atoms with Crippen molar-refractivity contribution in [3.8, 4) is 11.5 Å². The number of halogens is 1. The number of nitrogens with zero attached hydrogens (tertiary/aromatic N) is 1. The topological polar surface area (TPSA) is 98.1 Å². The smallest absolute Gasteiger partial charge is 0.291 e. The molecule has 35 heavy (non-hydrogen) atoms. The first kappa shape index (κ1) is 23.0. The van der Waals surface area contributed by atoms with Crippen LogP contribution in [-0.2, 0) is 14.8 Å². The highest BCUT2D eigenvalue weighted by molar-refractivity contribution is 7.89. The van der Waals surface area contributed by atoms with Gasteiger partial charge in [0.2, 0.25) is 10.0 Å². The standard InChI is InChI=1S/C25H21FN2O6S/c26-18-5-7-19(8-6-18)33-23-10-9-20(35(30,31)28-11-13-32-14-12-28)16-21(23)27-25(29)24-15-17-3-1-2-4-22(17)34-24/h1-10,15-16H,11-14H2,(H,27,29). The van der Waals surface area contributed by atoms with Gasteiger partial charge >= 0.3 is 0 Å². The van der Waals surface area contributed by atoms with Crippen LogP contribution in [0.2, 0.25) is 0 Å². The van der Waals surface area contributed by atoms with Crippen LogP contribution in [0.4, 0.5) is 10.1 Å². The maximum Gasteiger partial charge on any atom is 0.291 e. The Bertz CT molecular complexity index is 1440. The van der Waals surface area contributed by atoms with Crippen LogP contribution < -0.4 is 10.1 Å². The van der Waals surface area contributed by atoms with E-state index in [0.717, 1.165) is 5.39 Å². The van der Waals surface area contributed by atoms with Crippen LogP contribution in [0.1, 0.15) is 10.6 Å². The molecule has 1 saturated heterocycles. The molecule has 0 unspecified atom stereocenters. The molecule has 1 amide bonds. The minimum atomic E-state index is -3.83. The summed E-state index contributed by atoms with van der Waals surface area (Å²) in [4.78, 5) is 13.0. The molecule has 0 spiro atoms. The summed E-state index contributed by atoms with van der Waals surface area (Å²) in [6.45, 7) is 1.08. The molecule has 0 aliphatic carbocycles. The molecular weight excluding hydrogens is 475 g/mol. The summed E-state index contributed by atoms with van der Waals surface area (Å²) < 4.78 is 57.7. The number of benzene rings is 3. The first-order valence-corrected chi connectivity index (χ1v) is 12.3. The lowest BCUT2D eigenvalue weighted by molar-refractivity contribution is 0.0730. The summed E-state index contributed by atoms with van der Waals surface area (Å²) in [6, 6.07) is 18.3. The SMILES string of the molecule is O=C(Nc1cc(S(=O)(=O)N2CCOCC2)ccc1Oc1ccc(F)cc1)c1cc2ccccc2o1. The van der Waals surface area contributed by atoms with Gasteiger partial charge < -0.3 is 19.2 Å². The number of para-hydroxylation sites is 1. The highest BCUT2D eigenvalue weighted by Gasteiger charge is 2.28. The molecule has 2 heterocycles. The molecule has 1 aliphatic heterocycles. The van der Waals surface area contributed by atoms with Crippen molar-refractivity contribution in [3.63, 3.8) is 0 Å². The predicted octanol–water partition coefficient (Wildman–Crippen LogP) is 4.64. The Kier molecular flexibility index (Phi) is 6.25. The van der Waals surface area contributed by atoms with Gasteiger partial charge in [-0.3, -0.25) is 4.79 Å². The van der Waals surface area contributed by atoms with Crippen molar-refractivity contribution in [3.05, 3.63) is 84.4 Å². The summed E-state index contributed by atoms with van der Waals surface area (Å²) in [5, 5.41) is 3.45. The summed E-state index contributed by atoms with van der Waals surface area (Å²) in [5.74, 6) is -0.453. The normalized spacial score (nSPS) is 14.7. The van der Waals surface area contributed by atoms with Crippen molar-refractivity contribution >= 4 is 32.6 Å². The first-order chi connectivity index (χ1) is 16.9. The fourth-order valence-electron chi connectivity index (χ4n) is 3.70. The van der Waals surface area contributed by atoms with Crippen LogP contribution in [0, 0.1) is 5.82 Å². The van der Waals surface area contributed by atoms with Crippen LogP contribution >= 0.6 is 0 Å². The largest absolute Gasteiger partial charge is 0.455 e. The number of sulfonamides is 1. The highest BCUT2D eigenvalue weighted by Crippen LogP contribution is 2.34. The lowest BCUT2D eigenvalue weighted by Crippen LogP contribution is -2.40. The lowest BCUT2D eigenvalue weighted by atomic mass is 10.2. The number of hydrogen-bond donors (Lipinski definition) is 1. The number of amides is 1. The van der Waals surface area contributed by atoms with E-state index in [2.05, 4.69) is 5.32 Å². The fraction of sp³-hybridized carbons (Fsp3) is 0.160. The van der Waals surface area contributed by atoms with Crippen molar-refractivity contribution in [2.45, 2.75) is 4.90 Å². The van der Waals surface area contributed by atoms with Crippen molar-refractivity contribution in [2.24, 2.45) is 0 Å². The van der Waals surface area contributed by atoms with Crippen molar-refractivity contribution in [2.75, 3.05) is 31.6 Å². The van der Waals surface area contributed by atoms with Gasteiger partial charge in [-0.1, -0.05) is 18.2 Å². The number of hydrogen-bond acceptors (Lipinski definition) is 6. The number of rotatable bonds is 6. The van der Waals surface area contributed by atoms with Gasteiger partial charge in [0.1, 0.15) is 17.1 Å². The third-order valence-corrected chi connectivity index (χ3v) is 7.39. The zero-order valence-electron chi connectivity index (χ0n) is 18.4. The molecule has 3 aromatic carbocycles. The maximum atomic E-state index is 13.3. The number of morpholine rings is 1. The van der Waals surface area contributed by atoms with E-state index in [1.165, 1.54) is 46.8 Å². The van der Waals surface area contributed by atoms with Gasteiger partial charge in [0.25, 0.3) is 5.91 Å². The van der Waals surface area contributed by atoms with E-state index in [1.807, 2.05) is 12.1 Å². The number of anilines is 1. The van der Waals surface area contributed by atoms with E-state index in [-0.39, 0.29) is 35.2 Å². The lowest BCUT2D eigenvalue weighted by Gasteiger charge is -2.26. The molecule has 5 rings (SSSR count).